The molecule has 0 aromatic heterocycles. The lowest BCUT2D eigenvalue weighted by Crippen LogP contribution is -2.33. The number of hydrogen-bond acceptors (Lipinski definition) is 2. The Kier molecular flexibility index (Phi) is 6.16. The molecule has 18 heavy (non-hydrogen) atoms. The van der Waals surface area contributed by atoms with Gasteiger partial charge in [-0.05, 0) is 53.4 Å². The molecule has 0 amide bonds. The molecule has 0 aliphatic heterocycles. The second-order valence-corrected chi connectivity index (χ2v) is 5.81. The second-order valence-electron chi connectivity index (χ2n) is 4.96. The Morgan fingerprint density at radius 2 is 1.94 bits per heavy atom. The molecule has 1 rings (SSSR count). The zero-order valence-corrected chi connectivity index (χ0v) is 13.5. The largest absolute Gasteiger partial charge is 0.496 e. The van der Waals surface area contributed by atoms with Crippen LogP contribution in [0.4, 0.5) is 0 Å². The molecule has 3 heteroatoms. The molecule has 0 saturated heterocycles. The first kappa shape index (κ1) is 15.5. The van der Waals surface area contributed by atoms with Gasteiger partial charge < -0.3 is 10.1 Å². The molecule has 0 spiro atoms. The quantitative estimate of drug-likeness (QED) is 0.832. The lowest BCUT2D eigenvalue weighted by molar-refractivity contribution is 0.360. The van der Waals surface area contributed by atoms with E-state index in [4.69, 9.17) is 4.74 Å². The van der Waals surface area contributed by atoms with Crippen molar-refractivity contribution in [1.29, 1.82) is 0 Å². The molecule has 1 N–H and O–H groups in total. The van der Waals surface area contributed by atoms with Crippen LogP contribution in [0, 0.1) is 5.92 Å². The molecule has 0 fully saturated rings. The molecule has 0 aliphatic rings. The molecule has 1 aromatic rings. The third-order valence-electron chi connectivity index (χ3n) is 3.69. The van der Waals surface area contributed by atoms with Crippen molar-refractivity contribution in [2.75, 3.05) is 7.11 Å². The van der Waals surface area contributed by atoms with Crippen molar-refractivity contribution in [3.8, 4) is 5.75 Å². The number of nitrogens with one attached hydrogen (secondary N) is 1. The van der Waals surface area contributed by atoms with Crippen LogP contribution < -0.4 is 10.1 Å². The van der Waals surface area contributed by atoms with E-state index in [2.05, 4.69) is 61.1 Å². The molecule has 0 radical (unpaired) electrons. The normalized spacial score (nSPS) is 16.1. The summed E-state index contributed by atoms with van der Waals surface area (Å²) in [6, 6.07) is 7.11. The predicted octanol–water partition coefficient (Wildman–Crippen LogP) is 4.54. The number of methoxy groups -OCH3 is 1. The maximum atomic E-state index is 5.25. The van der Waals surface area contributed by atoms with Gasteiger partial charge in [0.2, 0.25) is 0 Å². The van der Waals surface area contributed by atoms with Crippen molar-refractivity contribution in [3.63, 3.8) is 0 Å². The van der Waals surface area contributed by atoms with Gasteiger partial charge >= 0.3 is 0 Å². The van der Waals surface area contributed by atoms with Crippen LogP contribution in [0.3, 0.4) is 0 Å². The highest BCUT2D eigenvalue weighted by atomic mass is 79.9. The molecule has 0 bridgehead atoms. The molecular weight excluding hydrogens is 290 g/mol. The fraction of sp³-hybridized carbons (Fsp3) is 0.600. The minimum atomic E-state index is 0.344. The summed E-state index contributed by atoms with van der Waals surface area (Å²) in [5.41, 5.74) is 1.28. The number of ether oxygens (including phenoxy) is 1. The van der Waals surface area contributed by atoms with E-state index in [1.54, 1.807) is 7.11 Å². The third-order valence-corrected chi connectivity index (χ3v) is 4.31. The molecule has 3 unspecified atom stereocenters. The van der Waals surface area contributed by atoms with Crippen LogP contribution in [0.15, 0.2) is 22.7 Å². The van der Waals surface area contributed by atoms with E-state index in [0.717, 1.165) is 10.2 Å². The molecule has 1 aromatic carbocycles. The van der Waals surface area contributed by atoms with Crippen LogP contribution >= 0.6 is 15.9 Å². The SMILES string of the molecule is CCC(C)C(C)NC(C)c1ccc(OC)c(Br)c1. The van der Waals surface area contributed by atoms with Crippen LogP contribution in [-0.4, -0.2) is 13.2 Å². The van der Waals surface area contributed by atoms with Crippen LogP contribution in [-0.2, 0) is 0 Å². The van der Waals surface area contributed by atoms with E-state index >= 15 is 0 Å². The Morgan fingerprint density at radius 3 is 2.44 bits per heavy atom. The van der Waals surface area contributed by atoms with Gasteiger partial charge in [0.25, 0.3) is 0 Å². The van der Waals surface area contributed by atoms with Crippen molar-refractivity contribution in [2.24, 2.45) is 5.92 Å². The fourth-order valence-corrected chi connectivity index (χ4v) is 2.52. The number of hydrogen-bond donors (Lipinski definition) is 1. The molecule has 0 saturated carbocycles. The van der Waals surface area contributed by atoms with Crippen molar-refractivity contribution in [2.45, 2.75) is 46.2 Å². The van der Waals surface area contributed by atoms with Gasteiger partial charge in [-0.15, -0.1) is 0 Å². The molecule has 0 aliphatic carbocycles. The van der Waals surface area contributed by atoms with E-state index in [-0.39, 0.29) is 0 Å². The molecular formula is C15H24BrNO. The van der Waals surface area contributed by atoms with Crippen molar-refractivity contribution < 1.29 is 4.74 Å². The minimum absolute atomic E-state index is 0.344. The molecule has 0 heterocycles. The summed E-state index contributed by atoms with van der Waals surface area (Å²) in [6.45, 7) is 8.97. The zero-order chi connectivity index (χ0) is 13.7. The maximum absolute atomic E-state index is 5.25. The first-order valence-electron chi connectivity index (χ1n) is 6.59. The highest BCUT2D eigenvalue weighted by Crippen LogP contribution is 2.28. The Morgan fingerprint density at radius 1 is 1.28 bits per heavy atom. The van der Waals surface area contributed by atoms with Crippen LogP contribution in [0.25, 0.3) is 0 Å². The van der Waals surface area contributed by atoms with Crippen LogP contribution in [0.1, 0.15) is 45.7 Å². The number of benzene rings is 1. The average molecular weight is 314 g/mol. The molecule has 2 nitrogen and oxygen atoms in total. The Balaban J connectivity index is 2.72. The summed E-state index contributed by atoms with van der Waals surface area (Å²) in [6.07, 6.45) is 1.20. The predicted molar refractivity (Wildman–Crippen MR) is 81.2 cm³/mol. The second kappa shape index (κ2) is 7.15. The van der Waals surface area contributed by atoms with E-state index in [1.165, 1.54) is 12.0 Å². The lowest BCUT2D eigenvalue weighted by Gasteiger charge is -2.25. The van der Waals surface area contributed by atoms with Gasteiger partial charge in [-0.2, -0.15) is 0 Å². The standard InChI is InChI=1S/C15H24BrNO/c1-6-10(2)11(3)17-12(4)13-7-8-15(18-5)14(16)9-13/h7-12,17H,6H2,1-5H3. The maximum Gasteiger partial charge on any atom is 0.133 e. The van der Waals surface area contributed by atoms with Gasteiger partial charge in [0.1, 0.15) is 5.75 Å². The van der Waals surface area contributed by atoms with Gasteiger partial charge in [0, 0.05) is 12.1 Å². The van der Waals surface area contributed by atoms with Gasteiger partial charge in [-0.25, -0.2) is 0 Å². The summed E-state index contributed by atoms with van der Waals surface area (Å²) >= 11 is 3.53. The first-order valence-corrected chi connectivity index (χ1v) is 7.38. The average Bonchev–Trinajstić information content (AvgIpc) is 2.37. The topological polar surface area (TPSA) is 21.3 Å². The summed E-state index contributed by atoms with van der Waals surface area (Å²) in [7, 11) is 1.69. The Labute approximate surface area is 119 Å². The smallest absolute Gasteiger partial charge is 0.133 e. The highest BCUT2D eigenvalue weighted by molar-refractivity contribution is 9.10. The van der Waals surface area contributed by atoms with Crippen LogP contribution in [0.5, 0.6) is 5.75 Å². The Bertz CT molecular complexity index is 381. The number of rotatable bonds is 6. The zero-order valence-electron chi connectivity index (χ0n) is 12.0. The Hall–Kier alpha value is -0.540. The summed E-state index contributed by atoms with van der Waals surface area (Å²) in [5, 5.41) is 3.65. The van der Waals surface area contributed by atoms with Gasteiger partial charge in [0.05, 0.1) is 11.6 Å². The minimum Gasteiger partial charge on any atom is -0.496 e. The molecule has 102 valence electrons. The first-order chi connectivity index (χ1) is 8.49. The fourth-order valence-electron chi connectivity index (χ4n) is 1.96. The van der Waals surface area contributed by atoms with Crippen molar-refractivity contribution >= 4 is 15.9 Å². The summed E-state index contributed by atoms with van der Waals surface area (Å²) in [4.78, 5) is 0. The highest BCUT2D eigenvalue weighted by Gasteiger charge is 2.14. The van der Waals surface area contributed by atoms with Crippen LogP contribution in [0.2, 0.25) is 0 Å². The summed E-state index contributed by atoms with van der Waals surface area (Å²) in [5.74, 6) is 1.56. The van der Waals surface area contributed by atoms with E-state index in [1.807, 2.05) is 6.07 Å². The number of halogens is 1. The van der Waals surface area contributed by atoms with Crippen molar-refractivity contribution in [3.05, 3.63) is 28.2 Å². The summed E-state index contributed by atoms with van der Waals surface area (Å²) < 4.78 is 6.26. The lowest BCUT2D eigenvalue weighted by atomic mass is 9.99. The third kappa shape index (κ3) is 3.99. The van der Waals surface area contributed by atoms with Gasteiger partial charge in [-0.3, -0.25) is 0 Å². The van der Waals surface area contributed by atoms with E-state index in [0.29, 0.717) is 18.0 Å². The van der Waals surface area contributed by atoms with E-state index < -0.39 is 0 Å². The van der Waals surface area contributed by atoms with Gasteiger partial charge in [0.15, 0.2) is 0 Å². The van der Waals surface area contributed by atoms with E-state index in [9.17, 15) is 0 Å². The monoisotopic (exact) mass is 313 g/mol. The molecule has 3 atom stereocenters. The van der Waals surface area contributed by atoms with Gasteiger partial charge in [-0.1, -0.05) is 26.3 Å². The van der Waals surface area contributed by atoms with Crippen molar-refractivity contribution in [1.82, 2.24) is 5.32 Å².